The number of carbonyl (C=O) groups excluding carboxylic acids is 2. The first kappa shape index (κ1) is 25.8. The van der Waals surface area contributed by atoms with Gasteiger partial charge in [0, 0.05) is 31.9 Å². The van der Waals surface area contributed by atoms with Gasteiger partial charge < -0.3 is 19.1 Å². The maximum absolute atomic E-state index is 13.7. The predicted molar refractivity (Wildman–Crippen MR) is 150 cm³/mol. The monoisotopic (exact) mass is 527 g/mol. The zero-order chi connectivity index (χ0) is 26.5. The van der Waals surface area contributed by atoms with Gasteiger partial charge >= 0.3 is 0 Å². The standard InChI is InChI=1S/C31H30ClN3O3/c1-23-26(20-29(25-12-6-3-7-13-25)35(23)28-15-9-8-14-27(28)32)31(37)34-18-16-33(17-19-34)30(36)22-38-21-24-10-4-2-5-11-24/h2-15,20H,16-19,21-22H2,1H3. The molecule has 0 unspecified atom stereocenters. The minimum absolute atomic E-state index is 0.0308. The van der Waals surface area contributed by atoms with Crippen molar-refractivity contribution in [1.82, 2.24) is 14.4 Å². The molecule has 0 saturated carbocycles. The molecule has 38 heavy (non-hydrogen) atoms. The number of halogens is 1. The van der Waals surface area contributed by atoms with Crippen molar-refractivity contribution < 1.29 is 14.3 Å². The second-order valence-electron chi connectivity index (χ2n) is 9.33. The van der Waals surface area contributed by atoms with Gasteiger partial charge in [-0.15, -0.1) is 0 Å². The maximum Gasteiger partial charge on any atom is 0.255 e. The highest BCUT2D eigenvalue weighted by Gasteiger charge is 2.28. The third-order valence-electron chi connectivity index (χ3n) is 6.90. The number of amides is 2. The Labute approximate surface area is 228 Å². The summed E-state index contributed by atoms with van der Waals surface area (Å²) in [5.41, 5.74) is 5.23. The lowest BCUT2D eigenvalue weighted by Gasteiger charge is -2.34. The van der Waals surface area contributed by atoms with E-state index in [4.69, 9.17) is 16.3 Å². The summed E-state index contributed by atoms with van der Waals surface area (Å²) in [6.45, 7) is 4.29. The Kier molecular flexibility index (Phi) is 7.91. The van der Waals surface area contributed by atoms with Crippen LogP contribution in [0.25, 0.3) is 16.9 Å². The normalized spacial score (nSPS) is 13.5. The lowest BCUT2D eigenvalue weighted by Crippen LogP contribution is -2.51. The average Bonchev–Trinajstić information content (AvgIpc) is 3.30. The van der Waals surface area contributed by atoms with E-state index in [-0.39, 0.29) is 18.4 Å². The Morgan fingerprint density at radius 1 is 0.816 bits per heavy atom. The fourth-order valence-corrected chi connectivity index (χ4v) is 5.06. The molecule has 1 aliphatic heterocycles. The summed E-state index contributed by atoms with van der Waals surface area (Å²) < 4.78 is 7.67. The Balaban J connectivity index is 1.29. The van der Waals surface area contributed by atoms with Crippen LogP contribution in [0.3, 0.4) is 0 Å². The van der Waals surface area contributed by atoms with E-state index in [0.29, 0.717) is 43.4 Å². The SMILES string of the molecule is Cc1c(C(=O)N2CCN(C(=O)COCc3ccccc3)CC2)cc(-c2ccccc2)n1-c1ccccc1Cl. The van der Waals surface area contributed by atoms with Crippen molar-refractivity contribution in [3.05, 3.63) is 113 Å². The van der Waals surface area contributed by atoms with E-state index in [1.165, 1.54) is 0 Å². The van der Waals surface area contributed by atoms with Crippen LogP contribution in [0.4, 0.5) is 0 Å². The van der Waals surface area contributed by atoms with E-state index in [9.17, 15) is 9.59 Å². The van der Waals surface area contributed by atoms with Crippen molar-refractivity contribution in [1.29, 1.82) is 0 Å². The maximum atomic E-state index is 13.7. The number of benzene rings is 3. The molecular weight excluding hydrogens is 498 g/mol. The number of hydrogen-bond donors (Lipinski definition) is 0. The van der Waals surface area contributed by atoms with Gasteiger partial charge in [0.25, 0.3) is 5.91 Å². The molecule has 1 aliphatic rings. The van der Waals surface area contributed by atoms with Crippen LogP contribution >= 0.6 is 11.6 Å². The summed E-state index contributed by atoms with van der Waals surface area (Å²) >= 11 is 6.58. The number of carbonyl (C=O) groups is 2. The van der Waals surface area contributed by atoms with E-state index in [2.05, 4.69) is 4.57 Å². The van der Waals surface area contributed by atoms with Crippen LogP contribution in [0.1, 0.15) is 21.6 Å². The summed E-state index contributed by atoms with van der Waals surface area (Å²) in [5.74, 6) is -0.0987. The molecule has 1 fully saturated rings. The number of nitrogens with zero attached hydrogens (tertiary/aromatic N) is 3. The summed E-state index contributed by atoms with van der Waals surface area (Å²) in [6.07, 6.45) is 0. The molecule has 1 aromatic heterocycles. The smallest absolute Gasteiger partial charge is 0.255 e. The zero-order valence-electron chi connectivity index (χ0n) is 21.3. The molecule has 2 heterocycles. The van der Waals surface area contributed by atoms with Gasteiger partial charge in [0.2, 0.25) is 5.91 Å². The first-order valence-corrected chi connectivity index (χ1v) is 13.1. The second kappa shape index (κ2) is 11.7. The quantitative estimate of drug-likeness (QED) is 0.314. The number of piperazine rings is 1. The van der Waals surface area contributed by atoms with Crippen molar-refractivity contribution in [3.8, 4) is 16.9 Å². The summed E-state index contributed by atoms with van der Waals surface area (Å²) in [6, 6.07) is 29.4. The molecule has 2 amide bonds. The number of rotatable bonds is 7. The lowest BCUT2D eigenvalue weighted by molar-refractivity contribution is -0.138. The molecule has 5 rings (SSSR count). The van der Waals surface area contributed by atoms with Crippen LogP contribution in [0.15, 0.2) is 91.0 Å². The van der Waals surface area contributed by atoms with E-state index < -0.39 is 0 Å². The third-order valence-corrected chi connectivity index (χ3v) is 7.22. The van der Waals surface area contributed by atoms with Gasteiger partial charge in [-0.25, -0.2) is 0 Å². The number of para-hydroxylation sites is 1. The topological polar surface area (TPSA) is 54.8 Å². The first-order chi connectivity index (χ1) is 18.5. The number of aromatic nitrogens is 1. The Bertz CT molecular complexity index is 1410. The van der Waals surface area contributed by atoms with Crippen molar-refractivity contribution in [3.63, 3.8) is 0 Å². The molecule has 0 spiro atoms. The third kappa shape index (κ3) is 5.52. The summed E-state index contributed by atoms with van der Waals surface area (Å²) in [4.78, 5) is 29.9. The summed E-state index contributed by atoms with van der Waals surface area (Å²) in [7, 11) is 0. The zero-order valence-corrected chi connectivity index (χ0v) is 22.1. The summed E-state index contributed by atoms with van der Waals surface area (Å²) in [5, 5.41) is 0.615. The van der Waals surface area contributed by atoms with Crippen LogP contribution in [-0.4, -0.2) is 59.0 Å². The van der Waals surface area contributed by atoms with Crippen LogP contribution in [0, 0.1) is 6.92 Å². The highest BCUT2D eigenvalue weighted by molar-refractivity contribution is 6.32. The molecule has 0 N–H and O–H groups in total. The Morgan fingerprint density at radius 3 is 2.11 bits per heavy atom. The highest BCUT2D eigenvalue weighted by atomic mass is 35.5. The van der Waals surface area contributed by atoms with Gasteiger partial charge in [0.1, 0.15) is 6.61 Å². The van der Waals surface area contributed by atoms with E-state index in [0.717, 1.165) is 28.2 Å². The molecular formula is C31H30ClN3O3. The molecule has 6 nitrogen and oxygen atoms in total. The van der Waals surface area contributed by atoms with Gasteiger partial charge in [-0.05, 0) is 36.2 Å². The average molecular weight is 528 g/mol. The highest BCUT2D eigenvalue weighted by Crippen LogP contribution is 2.33. The molecule has 0 radical (unpaired) electrons. The molecule has 7 heteroatoms. The van der Waals surface area contributed by atoms with Crippen molar-refractivity contribution >= 4 is 23.4 Å². The van der Waals surface area contributed by atoms with E-state index in [1.54, 1.807) is 4.90 Å². The van der Waals surface area contributed by atoms with Crippen LogP contribution < -0.4 is 0 Å². The van der Waals surface area contributed by atoms with Gasteiger partial charge in [0.15, 0.2) is 0 Å². The minimum atomic E-state index is -0.0551. The predicted octanol–water partition coefficient (Wildman–Crippen LogP) is 5.61. The Hall–Kier alpha value is -3.87. The molecule has 0 bridgehead atoms. The van der Waals surface area contributed by atoms with Crippen molar-refractivity contribution in [2.45, 2.75) is 13.5 Å². The van der Waals surface area contributed by atoms with E-state index in [1.807, 2.05) is 103 Å². The molecule has 1 saturated heterocycles. The molecule has 4 aromatic rings. The number of ether oxygens (including phenoxy) is 1. The van der Waals surface area contributed by atoms with E-state index >= 15 is 0 Å². The molecule has 194 valence electrons. The second-order valence-corrected chi connectivity index (χ2v) is 9.74. The largest absolute Gasteiger partial charge is 0.367 e. The molecule has 0 aliphatic carbocycles. The molecule has 0 atom stereocenters. The lowest BCUT2D eigenvalue weighted by atomic mass is 10.1. The van der Waals surface area contributed by atoms with Crippen LogP contribution in [-0.2, 0) is 16.1 Å². The van der Waals surface area contributed by atoms with Crippen molar-refractivity contribution in [2.24, 2.45) is 0 Å². The van der Waals surface area contributed by atoms with Gasteiger partial charge in [-0.3, -0.25) is 9.59 Å². The fourth-order valence-electron chi connectivity index (χ4n) is 4.84. The van der Waals surface area contributed by atoms with Gasteiger partial charge in [0.05, 0.1) is 28.6 Å². The fraction of sp³-hybridized carbons (Fsp3) is 0.226. The van der Waals surface area contributed by atoms with Crippen LogP contribution in [0.2, 0.25) is 5.02 Å². The van der Waals surface area contributed by atoms with Crippen molar-refractivity contribution in [2.75, 3.05) is 32.8 Å². The van der Waals surface area contributed by atoms with Gasteiger partial charge in [-0.2, -0.15) is 0 Å². The Morgan fingerprint density at radius 2 is 1.42 bits per heavy atom. The first-order valence-electron chi connectivity index (χ1n) is 12.7. The number of hydrogen-bond acceptors (Lipinski definition) is 3. The van der Waals surface area contributed by atoms with Crippen LogP contribution in [0.5, 0.6) is 0 Å². The molecule has 3 aromatic carbocycles. The van der Waals surface area contributed by atoms with Gasteiger partial charge in [-0.1, -0.05) is 84.4 Å². The minimum Gasteiger partial charge on any atom is -0.367 e.